The Balaban J connectivity index is 0.00000161. The lowest BCUT2D eigenvalue weighted by Crippen LogP contribution is -2.53. The van der Waals surface area contributed by atoms with Gasteiger partial charge in [-0.1, -0.05) is 0 Å². The van der Waals surface area contributed by atoms with Crippen LogP contribution >= 0.6 is 12.4 Å². The van der Waals surface area contributed by atoms with Crippen LogP contribution in [0.15, 0.2) is 12.4 Å². The van der Waals surface area contributed by atoms with Gasteiger partial charge < -0.3 is 19.5 Å². The van der Waals surface area contributed by atoms with Gasteiger partial charge in [0.1, 0.15) is 18.0 Å². The lowest BCUT2D eigenvalue weighted by atomic mass is 10.1. The van der Waals surface area contributed by atoms with Gasteiger partial charge >= 0.3 is 0 Å². The van der Waals surface area contributed by atoms with Gasteiger partial charge in [0.15, 0.2) is 0 Å². The molecule has 1 amide bonds. The number of piperazine rings is 1. The molecular formula is C14H23ClN4O2. The molecule has 1 aromatic rings. The summed E-state index contributed by atoms with van der Waals surface area (Å²) in [6.07, 6.45) is 6.43. The molecule has 2 atom stereocenters. The lowest BCUT2D eigenvalue weighted by molar-refractivity contribution is -0.150. The molecule has 0 bridgehead atoms. The fourth-order valence-electron chi connectivity index (χ4n) is 3.02. The van der Waals surface area contributed by atoms with Crippen LogP contribution in [0.5, 0.6) is 0 Å². The van der Waals surface area contributed by atoms with Crippen molar-refractivity contribution in [3.8, 4) is 0 Å². The quantitative estimate of drug-likeness (QED) is 0.880. The van der Waals surface area contributed by atoms with Crippen molar-refractivity contribution in [1.29, 1.82) is 0 Å². The molecule has 1 N–H and O–H groups in total. The van der Waals surface area contributed by atoms with Crippen LogP contribution < -0.4 is 5.32 Å². The number of nitrogens with zero attached hydrogens (tertiary/aromatic N) is 3. The van der Waals surface area contributed by atoms with Gasteiger partial charge in [0.2, 0.25) is 0 Å². The molecule has 3 rings (SSSR count). The van der Waals surface area contributed by atoms with Gasteiger partial charge in [-0.25, -0.2) is 4.98 Å². The second-order valence-corrected chi connectivity index (χ2v) is 5.50. The van der Waals surface area contributed by atoms with E-state index in [0.29, 0.717) is 6.61 Å². The standard InChI is InChI=1S/C14H22N4O2.ClH/c1-17-7-6-16-13(17)11-10-15-5-8-18(11)14(19)12-4-2-3-9-20-12;/h6-7,11-12,15H,2-5,8-10H2,1H3;1H. The number of halogens is 1. The van der Waals surface area contributed by atoms with Gasteiger partial charge in [0.25, 0.3) is 5.91 Å². The number of aromatic nitrogens is 2. The van der Waals surface area contributed by atoms with E-state index in [-0.39, 0.29) is 30.5 Å². The van der Waals surface area contributed by atoms with E-state index in [9.17, 15) is 4.79 Å². The first-order valence-electron chi connectivity index (χ1n) is 7.37. The van der Waals surface area contributed by atoms with Gasteiger partial charge in [0, 0.05) is 45.7 Å². The molecule has 7 heteroatoms. The van der Waals surface area contributed by atoms with E-state index in [1.807, 2.05) is 22.7 Å². The highest BCUT2D eigenvalue weighted by Gasteiger charge is 2.35. The van der Waals surface area contributed by atoms with Gasteiger partial charge in [-0.3, -0.25) is 4.79 Å². The largest absolute Gasteiger partial charge is 0.368 e. The first-order valence-corrected chi connectivity index (χ1v) is 7.37. The van der Waals surface area contributed by atoms with Crippen molar-refractivity contribution in [2.24, 2.45) is 7.05 Å². The number of hydrogen-bond donors (Lipinski definition) is 1. The number of nitrogens with one attached hydrogen (secondary N) is 1. The van der Waals surface area contributed by atoms with E-state index in [1.54, 1.807) is 6.20 Å². The Morgan fingerprint density at radius 3 is 3.00 bits per heavy atom. The van der Waals surface area contributed by atoms with Crippen LogP contribution in [-0.4, -0.2) is 52.7 Å². The first kappa shape index (κ1) is 16.3. The van der Waals surface area contributed by atoms with Crippen molar-refractivity contribution in [3.05, 3.63) is 18.2 Å². The summed E-state index contributed by atoms with van der Waals surface area (Å²) < 4.78 is 7.64. The number of ether oxygens (including phenoxy) is 1. The molecule has 3 heterocycles. The number of carbonyl (C=O) groups excluding carboxylic acids is 1. The zero-order chi connectivity index (χ0) is 13.9. The molecule has 6 nitrogen and oxygen atoms in total. The van der Waals surface area contributed by atoms with E-state index in [1.165, 1.54) is 0 Å². The molecule has 0 radical (unpaired) electrons. The SMILES string of the molecule is Cl.Cn1ccnc1C1CNCCN1C(=O)C1CCCCO1. The molecule has 1 aromatic heterocycles. The summed E-state index contributed by atoms with van der Waals surface area (Å²) in [5.74, 6) is 1.06. The molecule has 2 unspecified atom stereocenters. The fraction of sp³-hybridized carbons (Fsp3) is 0.714. The summed E-state index contributed by atoms with van der Waals surface area (Å²) in [4.78, 5) is 19.1. The normalized spacial score (nSPS) is 26.2. The van der Waals surface area contributed by atoms with E-state index in [2.05, 4.69) is 10.3 Å². The summed E-state index contributed by atoms with van der Waals surface area (Å²) in [5, 5.41) is 3.35. The summed E-state index contributed by atoms with van der Waals surface area (Å²) in [6, 6.07) is 0.00164. The molecule has 0 saturated carbocycles. The van der Waals surface area contributed by atoms with Crippen molar-refractivity contribution < 1.29 is 9.53 Å². The van der Waals surface area contributed by atoms with Crippen LogP contribution in [0.3, 0.4) is 0 Å². The summed E-state index contributed by atoms with van der Waals surface area (Å²) in [7, 11) is 1.97. The highest BCUT2D eigenvalue weighted by atomic mass is 35.5. The molecule has 0 spiro atoms. The predicted octanol–water partition coefficient (Wildman–Crippen LogP) is 0.884. The third kappa shape index (κ3) is 3.39. The van der Waals surface area contributed by atoms with Crippen molar-refractivity contribution in [2.75, 3.05) is 26.2 Å². The van der Waals surface area contributed by atoms with E-state index in [4.69, 9.17) is 4.74 Å². The molecule has 0 aliphatic carbocycles. The van der Waals surface area contributed by atoms with Crippen LogP contribution in [0.25, 0.3) is 0 Å². The highest BCUT2D eigenvalue weighted by molar-refractivity contribution is 5.85. The number of imidazole rings is 1. The summed E-state index contributed by atoms with van der Waals surface area (Å²) in [5.41, 5.74) is 0. The number of aryl methyl sites for hydroxylation is 1. The zero-order valence-electron chi connectivity index (χ0n) is 12.3. The van der Waals surface area contributed by atoms with E-state index < -0.39 is 0 Å². The fourth-order valence-corrected chi connectivity index (χ4v) is 3.02. The number of carbonyl (C=O) groups is 1. The Bertz CT molecular complexity index is 473. The monoisotopic (exact) mass is 314 g/mol. The minimum absolute atomic E-state index is 0. The first-order chi connectivity index (χ1) is 9.77. The van der Waals surface area contributed by atoms with Gasteiger partial charge in [-0.2, -0.15) is 0 Å². The molecule has 2 aliphatic rings. The second-order valence-electron chi connectivity index (χ2n) is 5.50. The maximum absolute atomic E-state index is 12.7. The Kier molecular flexibility index (Phi) is 5.61. The Morgan fingerprint density at radius 2 is 2.33 bits per heavy atom. The molecule has 2 fully saturated rings. The summed E-state index contributed by atoms with van der Waals surface area (Å²) in [6.45, 7) is 3.01. The van der Waals surface area contributed by atoms with Crippen LogP contribution in [0.4, 0.5) is 0 Å². The van der Waals surface area contributed by atoms with Gasteiger partial charge in [-0.15, -0.1) is 12.4 Å². The molecule has 118 valence electrons. The Labute approximate surface area is 131 Å². The Hall–Kier alpha value is -1.11. The maximum atomic E-state index is 12.7. The Morgan fingerprint density at radius 1 is 1.48 bits per heavy atom. The molecule has 21 heavy (non-hydrogen) atoms. The molecule has 2 saturated heterocycles. The average Bonchev–Trinajstić information content (AvgIpc) is 2.93. The van der Waals surface area contributed by atoms with Gasteiger partial charge in [0.05, 0.1) is 0 Å². The predicted molar refractivity (Wildman–Crippen MR) is 81.4 cm³/mol. The van der Waals surface area contributed by atoms with Crippen LogP contribution in [0, 0.1) is 0 Å². The van der Waals surface area contributed by atoms with Crippen LogP contribution in [-0.2, 0) is 16.6 Å². The van der Waals surface area contributed by atoms with Crippen LogP contribution in [0.1, 0.15) is 31.1 Å². The molecule has 0 aromatic carbocycles. The number of rotatable bonds is 2. The topological polar surface area (TPSA) is 59.4 Å². The number of amides is 1. The van der Waals surface area contributed by atoms with Crippen molar-refractivity contribution in [2.45, 2.75) is 31.4 Å². The van der Waals surface area contributed by atoms with E-state index in [0.717, 1.165) is 44.7 Å². The lowest BCUT2D eigenvalue weighted by Gasteiger charge is -2.38. The second kappa shape index (κ2) is 7.24. The average molecular weight is 315 g/mol. The minimum atomic E-state index is -0.260. The van der Waals surface area contributed by atoms with Crippen molar-refractivity contribution >= 4 is 18.3 Å². The molecule has 2 aliphatic heterocycles. The van der Waals surface area contributed by atoms with Crippen molar-refractivity contribution in [1.82, 2.24) is 19.8 Å². The highest BCUT2D eigenvalue weighted by Crippen LogP contribution is 2.24. The molecular weight excluding hydrogens is 292 g/mol. The minimum Gasteiger partial charge on any atom is -0.368 e. The smallest absolute Gasteiger partial charge is 0.252 e. The zero-order valence-corrected chi connectivity index (χ0v) is 13.1. The third-order valence-electron chi connectivity index (χ3n) is 4.14. The van der Waals surface area contributed by atoms with Crippen LogP contribution in [0.2, 0.25) is 0 Å². The van der Waals surface area contributed by atoms with Crippen molar-refractivity contribution in [3.63, 3.8) is 0 Å². The van der Waals surface area contributed by atoms with E-state index >= 15 is 0 Å². The maximum Gasteiger partial charge on any atom is 0.252 e. The third-order valence-corrected chi connectivity index (χ3v) is 4.14. The number of hydrogen-bond acceptors (Lipinski definition) is 4. The van der Waals surface area contributed by atoms with Gasteiger partial charge in [-0.05, 0) is 19.3 Å². The summed E-state index contributed by atoms with van der Waals surface area (Å²) >= 11 is 0.